The highest BCUT2D eigenvalue weighted by Gasteiger charge is 2.21. The van der Waals surface area contributed by atoms with E-state index in [4.69, 9.17) is 36.8 Å². The standard InChI is InChI=1S/C14H14BrClN4O3/c1-21-9-4-7(10(15)13(23-3)12(9)22-2)6-20-14(16)11(18)8(5-17)19-20/h4H,6,18H2,1-3H3. The number of nitrogen functional groups attached to an aromatic ring is 1. The van der Waals surface area contributed by atoms with Gasteiger partial charge in [0.15, 0.2) is 22.3 Å². The Balaban J connectivity index is 2.55. The SMILES string of the molecule is COc1cc(Cn2nc(C#N)c(N)c2Cl)c(Br)c(OC)c1OC. The molecule has 0 aliphatic rings. The quantitative estimate of drug-likeness (QED) is 0.828. The Hall–Kier alpha value is -2.11. The fourth-order valence-corrected chi connectivity index (χ4v) is 2.86. The van der Waals surface area contributed by atoms with Gasteiger partial charge in [-0.15, -0.1) is 0 Å². The fourth-order valence-electron chi connectivity index (χ4n) is 2.09. The lowest BCUT2D eigenvalue weighted by molar-refractivity contribution is 0.322. The Kier molecular flexibility index (Phi) is 5.23. The molecule has 0 radical (unpaired) electrons. The first-order chi connectivity index (χ1) is 11.0. The van der Waals surface area contributed by atoms with E-state index in [9.17, 15) is 0 Å². The van der Waals surface area contributed by atoms with E-state index < -0.39 is 0 Å². The minimum absolute atomic E-state index is 0.0820. The first-order valence-corrected chi connectivity index (χ1v) is 7.54. The summed E-state index contributed by atoms with van der Waals surface area (Å²) in [6, 6.07) is 3.67. The summed E-state index contributed by atoms with van der Waals surface area (Å²) in [5, 5.41) is 13.3. The average molecular weight is 402 g/mol. The molecule has 1 heterocycles. The van der Waals surface area contributed by atoms with Crippen molar-refractivity contribution in [3.8, 4) is 23.3 Å². The number of halogens is 2. The Morgan fingerprint density at radius 2 is 1.96 bits per heavy atom. The van der Waals surface area contributed by atoms with Crippen LogP contribution in [0.2, 0.25) is 5.15 Å². The summed E-state index contributed by atoms with van der Waals surface area (Å²) in [5.74, 6) is 1.45. The maximum atomic E-state index is 8.98. The topological polar surface area (TPSA) is 95.3 Å². The Morgan fingerprint density at radius 1 is 1.30 bits per heavy atom. The van der Waals surface area contributed by atoms with Crippen LogP contribution in [-0.4, -0.2) is 31.1 Å². The van der Waals surface area contributed by atoms with Gasteiger partial charge in [-0.05, 0) is 27.6 Å². The Bertz CT molecular complexity index is 786. The third-order valence-corrected chi connectivity index (χ3v) is 4.46. The van der Waals surface area contributed by atoms with Crippen molar-refractivity contribution in [2.45, 2.75) is 6.54 Å². The number of anilines is 1. The average Bonchev–Trinajstić information content (AvgIpc) is 2.83. The summed E-state index contributed by atoms with van der Waals surface area (Å²) in [7, 11) is 4.58. The summed E-state index contributed by atoms with van der Waals surface area (Å²) in [4.78, 5) is 0. The lowest BCUT2D eigenvalue weighted by atomic mass is 10.2. The van der Waals surface area contributed by atoms with Gasteiger partial charge in [0.25, 0.3) is 0 Å². The van der Waals surface area contributed by atoms with E-state index in [-0.39, 0.29) is 23.1 Å². The van der Waals surface area contributed by atoms with Crippen molar-refractivity contribution in [2.24, 2.45) is 0 Å². The van der Waals surface area contributed by atoms with Crippen LogP contribution >= 0.6 is 27.5 Å². The van der Waals surface area contributed by atoms with Crippen molar-refractivity contribution < 1.29 is 14.2 Å². The monoisotopic (exact) mass is 400 g/mol. The smallest absolute Gasteiger partial charge is 0.204 e. The van der Waals surface area contributed by atoms with Gasteiger partial charge >= 0.3 is 0 Å². The fraction of sp³-hybridized carbons (Fsp3) is 0.286. The van der Waals surface area contributed by atoms with E-state index in [1.54, 1.807) is 6.07 Å². The molecule has 0 aliphatic carbocycles. The molecule has 0 spiro atoms. The summed E-state index contributed by atoms with van der Waals surface area (Å²) < 4.78 is 18.1. The normalized spacial score (nSPS) is 10.3. The van der Waals surface area contributed by atoms with Gasteiger partial charge in [0, 0.05) is 0 Å². The number of nitrogens with zero attached hydrogens (tertiary/aromatic N) is 3. The number of nitrogens with two attached hydrogens (primary N) is 1. The second-order valence-electron chi connectivity index (χ2n) is 4.44. The molecule has 122 valence electrons. The largest absolute Gasteiger partial charge is 0.493 e. The molecule has 2 aromatic rings. The zero-order chi connectivity index (χ0) is 17.1. The lowest BCUT2D eigenvalue weighted by Crippen LogP contribution is -2.05. The van der Waals surface area contributed by atoms with Gasteiger partial charge in [-0.2, -0.15) is 10.4 Å². The van der Waals surface area contributed by atoms with Crippen LogP contribution in [0.1, 0.15) is 11.3 Å². The van der Waals surface area contributed by atoms with E-state index in [0.29, 0.717) is 21.7 Å². The van der Waals surface area contributed by atoms with Crippen molar-refractivity contribution in [3.05, 3.63) is 26.9 Å². The molecule has 9 heteroatoms. The first kappa shape index (κ1) is 17.2. The molecule has 2 rings (SSSR count). The van der Waals surface area contributed by atoms with Gasteiger partial charge < -0.3 is 19.9 Å². The molecule has 1 aromatic heterocycles. The summed E-state index contributed by atoms with van der Waals surface area (Å²) in [6.07, 6.45) is 0. The van der Waals surface area contributed by atoms with Gasteiger partial charge in [0.05, 0.1) is 32.3 Å². The molecule has 0 fully saturated rings. The van der Waals surface area contributed by atoms with E-state index >= 15 is 0 Å². The summed E-state index contributed by atoms with van der Waals surface area (Å²) in [6.45, 7) is 0.266. The highest BCUT2D eigenvalue weighted by atomic mass is 79.9. The zero-order valence-electron chi connectivity index (χ0n) is 12.7. The van der Waals surface area contributed by atoms with Crippen LogP contribution in [0.4, 0.5) is 5.69 Å². The number of rotatable bonds is 5. The van der Waals surface area contributed by atoms with E-state index in [2.05, 4.69) is 21.0 Å². The lowest BCUT2D eigenvalue weighted by Gasteiger charge is -2.17. The van der Waals surface area contributed by atoms with Crippen molar-refractivity contribution in [1.82, 2.24) is 9.78 Å². The summed E-state index contributed by atoms with van der Waals surface area (Å²) in [5.41, 5.74) is 6.75. The molecule has 0 amide bonds. The molecule has 0 saturated carbocycles. The van der Waals surface area contributed by atoms with Gasteiger partial charge in [0.2, 0.25) is 5.75 Å². The first-order valence-electron chi connectivity index (χ1n) is 6.37. The van der Waals surface area contributed by atoms with Crippen LogP contribution in [-0.2, 0) is 6.54 Å². The number of methoxy groups -OCH3 is 3. The Morgan fingerprint density at radius 3 is 2.43 bits per heavy atom. The third-order valence-electron chi connectivity index (χ3n) is 3.20. The van der Waals surface area contributed by atoms with Crippen molar-refractivity contribution in [2.75, 3.05) is 27.1 Å². The molecule has 0 bridgehead atoms. The van der Waals surface area contributed by atoms with Gasteiger partial charge in [-0.1, -0.05) is 11.6 Å². The molecule has 23 heavy (non-hydrogen) atoms. The van der Waals surface area contributed by atoms with Crippen LogP contribution in [0.3, 0.4) is 0 Å². The van der Waals surface area contributed by atoms with Crippen molar-refractivity contribution >= 4 is 33.2 Å². The maximum Gasteiger partial charge on any atom is 0.204 e. The van der Waals surface area contributed by atoms with E-state index in [0.717, 1.165) is 5.56 Å². The molecule has 0 atom stereocenters. The molecule has 2 N–H and O–H groups in total. The maximum absolute atomic E-state index is 8.98. The number of nitriles is 1. The second kappa shape index (κ2) is 6.98. The number of aromatic nitrogens is 2. The number of ether oxygens (including phenoxy) is 3. The Labute approximate surface area is 146 Å². The molecule has 7 nitrogen and oxygen atoms in total. The number of hydrogen-bond donors (Lipinski definition) is 1. The molecule has 1 aromatic carbocycles. The summed E-state index contributed by atoms with van der Waals surface area (Å²) >= 11 is 9.60. The van der Waals surface area contributed by atoms with Crippen molar-refractivity contribution in [3.63, 3.8) is 0 Å². The minimum Gasteiger partial charge on any atom is -0.493 e. The van der Waals surface area contributed by atoms with Crippen molar-refractivity contribution in [1.29, 1.82) is 5.26 Å². The molecule has 0 saturated heterocycles. The van der Waals surface area contributed by atoms with E-state index in [1.165, 1.54) is 26.0 Å². The highest BCUT2D eigenvalue weighted by Crippen LogP contribution is 2.45. The predicted molar refractivity (Wildman–Crippen MR) is 89.3 cm³/mol. The molecule has 0 unspecified atom stereocenters. The highest BCUT2D eigenvalue weighted by molar-refractivity contribution is 9.10. The molecular weight excluding hydrogens is 388 g/mol. The van der Waals surface area contributed by atoms with Crippen LogP contribution in [0.25, 0.3) is 0 Å². The third kappa shape index (κ3) is 3.02. The second-order valence-corrected chi connectivity index (χ2v) is 5.59. The molecular formula is C14H14BrClN4O3. The van der Waals surface area contributed by atoms with Crippen LogP contribution < -0.4 is 19.9 Å². The molecule has 0 aliphatic heterocycles. The van der Waals surface area contributed by atoms with E-state index in [1.807, 2.05) is 6.07 Å². The van der Waals surface area contributed by atoms with Crippen LogP contribution in [0.15, 0.2) is 10.5 Å². The predicted octanol–water partition coefficient (Wildman–Crippen LogP) is 2.83. The number of benzene rings is 1. The van der Waals surface area contributed by atoms with Gasteiger partial charge in [-0.3, -0.25) is 0 Å². The van der Waals surface area contributed by atoms with Gasteiger partial charge in [0.1, 0.15) is 11.8 Å². The number of hydrogen-bond acceptors (Lipinski definition) is 6. The van der Waals surface area contributed by atoms with Gasteiger partial charge in [-0.25, -0.2) is 4.68 Å². The minimum atomic E-state index is 0.0820. The van der Waals surface area contributed by atoms with Crippen LogP contribution in [0.5, 0.6) is 17.2 Å². The zero-order valence-corrected chi connectivity index (χ0v) is 15.0. The van der Waals surface area contributed by atoms with Crippen LogP contribution in [0, 0.1) is 11.3 Å².